The van der Waals surface area contributed by atoms with Gasteiger partial charge in [0.15, 0.2) is 0 Å². The zero-order valence-electron chi connectivity index (χ0n) is 8.34. The first-order valence-corrected chi connectivity index (χ1v) is 5.55. The van der Waals surface area contributed by atoms with E-state index in [4.69, 9.17) is 4.74 Å². The van der Waals surface area contributed by atoms with Crippen molar-refractivity contribution >= 4 is 21.9 Å². The fraction of sp³-hybridized carbons (Fsp3) is 0.364. The Hall–Kier alpha value is -0.830. The van der Waals surface area contributed by atoms with Crippen molar-refractivity contribution in [3.8, 4) is 0 Å². The number of aryl methyl sites for hydroxylation is 2. The lowest BCUT2D eigenvalue weighted by Gasteiger charge is -2.09. The van der Waals surface area contributed by atoms with Crippen LogP contribution in [0.25, 0.3) is 0 Å². The molecule has 3 heteroatoms. The van der Waals surface area contributed by atoms with Crippen molar-refractivity contribution in [2.45, 2.75) is 13.3 Å². The maximum atomic E-state index is 11.5. The fourth-order valence-electron chi connectivity index (χ4n) is 1.43. The molecule has 2 nitrogen and oxygen atoms in total. The van der Waals surface area contributed by atoms with Crippen molar-refractivity contribution in [2.75, 3.05) is 12.4 Å². The Morgan fingerprint density at radius 1 is 1.50 bits per heavy atom. The molecular formula is C11H13BrO2. The van der Waals surface area contributed by atoms with E-state index in [0.717, 1.165) is 22.9 Å². The Morgan fingerprint density at radius 3 is 2.79 bits per heavy atom. The van der Waals surface area contributed by atoms with E-state index in [1.165, 1.54) is 7.11 Å². The Labute approximate surface area is 92.4 Å². The number of benzene rings is 1. The van der Waals surface area contributed by atoms with E-state index in [1.807, 2.05) is 25.1 Å². The third-order valence-electron chi connectivity index (χ3n) is 2.11. The van der Waals surface area contributed by atoms with Gasteiger partial charge in [0.2, 0.25) is 0 Å². The van der Waals surface area contributed by atoms with E-state index in [1.54, 1.807) is 0 Å². The fourth-order valence-corrected chi connectivity index (χ4v) is 1.86. The molecule has 76 valence electrons. The quantitative estimate of drug-likeness (QED) is 0.614. The van der Waals surface area contributed by atoms with Gasteiger partial charge in [-0.25, -0.2) is 4.79 Å². The van der Waals surface area contributed by atoms with Crippen molar-refractivity contribution in [1.29, 1.82) is 0 Å². The maximum absolute atomic E-state index is 11.5. The zero-order chi connectivity index (χ0) is 10.6. The number of carbonyl (C=O) groups is 1. The van der Waals surface area contributed by atoms with Gasteiger partial charge in [-0.3, -0.25) is 0 Å². The molecule has 0 amide bonds. The summed E-state index contributed by atoms with van der Waals surface area (Å²) in [5, 5.41) is 0.848. The molecule has 14 heavy (non-hydrogen) atoms. The topological polar surface area (TPSA) is 26.3 Å². The first-order valence-electron chi connectivity index (χ1n) is 4.43. The molecule has 0 aliphatic carbocycles. The number of ether oxygens (including phenoxy) is 1. The van der Waals surface area contributed by atoms with Crippen LogP contribution in [0.1, 0.15) is 21.5 Å². The normalized spacial score (nSPS) is 9.93. The molecule has 0 atom stereocenters. The van der Waals surface area contributed by atoms with Gasteiger partial charge < -0.3 is 4.74 Å². The van der Waals surface area contributed by atoms with E-state index in [9.17, 15) is 4.79 Å². The lowest BCUT2D eigenvalue weighted by molar-refractivity contribution is 0.0598. The summed E-state index contributed by atoms with van der Waals surface area (Å²) in [4.78, 5) is 11.5. The number of alkyl halides is 1. The average Bonchev–Trinajstić information content (AvgIpc) is 2.18. The van der Waals surface area contributed by atoms with Gasteiger partial charge in [0, 0.05) is 5.33 Å². The smallest absolute Gasteiger partial charge is 0.338 e. The number of esters is 1. The summed E-state index contributed by atoms with van der Waals surface area (Å²) in [7, 11) is 1.41. The minimum Gasteiger partial charge on any atom is -0.465 e. The highest BCUT2D eigenvalue weighted by molar-refractivity contribution is 9.09. The van der Waals surface area contributed by atoms with E-state index < -0.39 is 0 Å². The lowest BCUT2D eigenvalue weighted by Crippen LogP contribution is -2.08. The molecule has 0 saturated heterocycles. The summed E-state index contributed by atoms with van der Waals surface area (Å²) in [6, 6.07) is 5.84. The molecule has 0 unspecified atom stereocenters. The van der Waals surface area contributed by atoms with E-state index in [-0.39, 0.29) is 5.97 Å². The summed E-state index contributed by atoms with van der Waals surface area (Å²) in [6.07, 6.45) is 0.839. The van der Waals surface area contributed by atoms with Crippen molar-refractivity contribution in [3.05, 3.63) is 34.9 Å². The number of rotatable bonds is 3. The minimum absolute atomic E-state index is 0.251. The zero-order valence-corrected chi connectivity index (χ0v) is 9.93. The summed E-state index contributed by atoms with van der Waals surface area (Å²) in [6.45, 7) is 1.92. The average molecular weight is 257 g/mol. The highest BCUT2D eigenvalue weighted by Gasteiger charge is 2.13. The molecule has 1 aromatic rings. The molecule has 1 aromatic carbocycles. The predicted octanol–water partition coefficient (Wildman–Crippen LogP) is 2.72. The molecule has 1 rings (SSSR count). The third-order valence-corrected chi connectivity index (χ3v) is 2.51. The monoisotopic (exact) mass is 256 g/mol. The molecule has 0 saturated carbocycles. The number of carbonyl (C=O) groups excluding carboxylic acids is 1. The van der Waals surface area contributed by atoms with Crippen molar-refractivity contribution in [3.63, 3.8) is 0 Å². The van der Waals surface area contributed by atoms with E-state index in [2.05, 4.69) is 15.9 Å². The van der Waals surface area contributed by atoms with Crippen molar-refractivity contribution in [1.82, 2.24) is 0 Å². The van der Waals surface area contributed by atoms with Gasteiger partial charge in [-0.1, -0.05) is 34.1 Å². The van der Waals surface area contributed by atoms with Crippen LogP contribution in [0.15, 0.2) is 18.2 Å². The predicted molar refractivity (Wildman–Crippen MR) is 60.0 cm³/mol. The molecule has 0 fully saturated rings. The van der Waals surface area contributed by atoms with Crippen LogP contribution in [0.2, 0.25) is 0 Å². The van der Waals surface area contributed by atoms with Gasteiger partial charge >= 0.3 is 5.97 Å². The number of hydrogen-bond acceptors (Lipinski definition) is 2. The van der Waals surface area contributed by atoms with Gasteiger partial charge in [0.05, 0.1) is 12.7 Å². The molecule has 0 bridgehead atoms. The van der Waals surface area contributed by atoms with Crippen LogP contribution in [-0.4, -0.2) is 18.4 Å². The Balaban J connectivity index is 3.15. The Bertz CT molecular complexity index is 334. The number of halogens is 1. The molecule has 0 aliphatic rings. The third kappa shape index (κ3) is 2.35. The first-order chi connectivity index (χ1) is 6.70. The highest BCUT2D eigenvalue weighted by atomic mass is 79.9. The largest absolute Gasteiger partial charge is 0.465 e. The van der Waals surface area contributed by atoms with Gasteiger partial charge in [-0.2, -0.15) is 0 Å². The molecule has 0 heterocycles. The standard InChI is InChI=1S/C11H13BrO2/c1-8-4-3-5-9(6-7-12)10(8)11(13)14-2/h3-5H,6-7H2,1-2H3. The molecule has 0 radical (unpaired) electrons. The van der Waals surface area contributed by atoms with Gasteiger partial charge in [-0.05, 0) is 24.5 Å². The highest BCUT2D eigenvalue weighted by Crippen LogP contribution is 2.16. The Morgan fingerprint density at radius 2 is 2.21 bits per heavy atom. The number of hydrogen-bond donors (Lipinski definition) is 0. The summed E-state index contributed by atoms with van der Waals surface area (Å²) in [5.74, 6) is -0.251. The van der Waals surface area contributed by atoms with Crippen LogP contribution >= 0.6 is 15.9 Å². The summed E-state index contributed by atoms with van der Waals surface area (Å²) >= 11 is 3.36. The number of methoxy groups -OCH3 is 1. The van der Waals surface area contributed by atoms with Gasteiger partial charge in [0.1, 0.15) is 0 Å². The van der Waals surface area contributed by atoms with Crippen LogP contribution in [0.5, 0.6) is 0 Å². The molecular weight excluding hydrogens is 244 g/mol. The molecule has 0 aromatic heterocycles. The van der Waals surface area contributed by atoms with E-state index >= 15 is 0 Å². The molecule has 0 spiro atoms. The lowest BCUT2D eigenvalue weighted by atomic mass is 10.0. The van der Waals surface area contributed by atoms with Crippen LogP contribution in [0.4, 0.5) is 0 Å². The van der Waals surface area contributed by atoms with Gasteiger partial charge in [0.25, 0.3) is 0 Å². The van der Waals surface area contributed by atoms with Crippen molar-refractivity contribution < 1.29 is 9.53 Å². The second-order valence-corrected chi connectivity index (χ2v) is 3.83. The second kappa shape index (κ2) is 5.15. The van der Waals surface area contributed by atoms with Crippen LogP contribution in [-0.2, 0) is 11.2 Å². The SMILES string of the molecule is COC(=O)c1c(C)cccc1CCBr. The van der Waals surface area contributed by atoms with Crippen molar-refractivity contribution in [2.24, 2.45) is 0 Å². The maximum Gasteiger partial charge on any atom is 0.338 e. The first kappa shape index (κ1) is 11.2. The van der Waals surface area contributed by atoms with Crippen LogP contribution in [0.3, 0.4) is 0 Å². The molecule has 0 N–H and O–H groups in total. The Kier molecular flexibility index (Phi) is 4.14. The van der Waals surface area contributed by atoms with Crippen LogP contribution in [0, 0.1) is 6.92 Å². The van der Waals surface area contributed by atoms with E-state index in [0.29, 0.717) is 5.56 Å². The second-order valence-electron chi connectivity index (χ2n) is 3.04. The van der Waals surface area contributed by atoms with Gasteiger partial charge in [-0.15, -0.1) is 0 Å². The summed E-state index contributed by atoms with van der Waals surface area (Å²) in [5.41, 5.74) is 2.71. The van der Waals surface area contributed by atoms with Crippen LogP contribution < -0.4 is 0 Å². The molecule has 0 aliphatic heterocycles. The summed E-state index contributed by atoms with van der Waals surface area (Å²) < 4.78 is 4.75. The minimum atomic E-state index is -0.251.